The largest absolute Gasteiger partial charge is 0.459 e. The van der Waals surface area contributed by atoms with Crippen molar-refractivity contribution in [3.63, 3.8) is 0 Å². The van der Waals surface area contributed by atoms with Gasteiger partial charge in [0, 0.05) is 35.2 Å². The third kappa shape index (κ3) is 9.50. The number of nitrogens with one attached hydrogen (secondary N) is 3. The van der Waals surface area contributed by atoms with Crippen LogP contribution in [0.4, 0.5) is 4.79 Å². The average molecular weight is 906 g/mol. The van der Waals surface area contributed by atoms with Gasteiger partial charge >= 0.3 is 6.09 Å². The van der Waals surface area contributed by atoms with Gasteiger partial charge in [-0.2, -0.15) is 4.98 Å². The van der Waals surface area contributed by atoms with E-state index in [2.05, 4.69) is 20.7 Å². The quantitative estimate of drug-likeness (QED) is 0.182. The Morgan fingerprint density at radius 1 is 1.02 bits per heavy atom. The van der Waals surface area contributed by atoms with E-state index in [0.29, 0.717) is 44.0 Å². The van der Waals surface area contributed by atoms with Gasteiger partial charge in [-0.15, -0.1) is 11.3 Å². The van der Waals surface area contributed by atoms with Crippen LogP contribution in [0.2, 0.25) is 0 Å². The van der Waals surface area contributed by atoms with E-state index in [-0.39, 0.29) is 25.4 Å². The zero-order valence-electron chi connectivity index (χ0n) is 37.4. The molecule has 0 bridgehead atoms. The first-order valence-electron chi connectivity index (χ1n) is 22.9. The molecule has 63 heavy (non-hydrogen) atoms. The van der Waals surface area contributed by atoms with Gasteiger partial charge in [-0.25, -0.2) is 18.2 Å². The minimum atomic E-state index is -4.00. The highest BCUT2D eigenvalue weighted by Crippen LogP contribution is 2.48. The lowest BCUT2D eigenvalue weighted by Gasteiger charge is -2.30. The fraction of sp³-hybridized carbons (Fsp3) is 0.652. The number of fused-ring (bicyclic) bond motifs is 3. The van der Waals surface area contributed by atoms with Crippen LogP contribution in [0, 0.1) is 5.92 Å². The molecule has 5 unspecified atom stereocenters. The average Bonchev–Trinajstić information content (AvgIpc) is 3.89. The Morgan fingerprint density at radius 3 is 2.46 bits per heavy atom. The number of imidazole rings is 1. The molecule has 1 aromatic carbocycles. The summed E-state index contributed by atoms with van der Waals surface area (Å²) >= 11 is 1.62. The number of aromatic nitrogens is 3. The van der Waals surface area contributed by atoms with Gasteiger partial charge < -0.3 is 25.0 Å². The molecule has 17 heteroatoms. The van der Waals surface area contributed by atoms with Crippen LogP contribution >= 0.6 is 11.3 Å². The van der Waals surface area contributed by atoms with Crippen molar-refractivity contribution in [2.75, 3.05) is 6.54 Å². The van der Waals surface area contributed by atoms with E-state index in [9.17, 15) is 27.6 Å². The molecule has 4 heterocycles. The lowest BCUT2D eigenvalue weighted by molar-refractivity contribution is -0.141. The summed E-state index contributed by atoms with van der Waals surface area (Å²) in [4.78, 5) is 68.3. The van der Waals surface area contributed by atoms with E-state index in [0.717, 1.165) is 53.0 Å². The fourth-order valence-electron chi connectivity index (χ4n) is 9.39. The molecule has 5 aliphatic rings. The van der Waals surface area contributed by atoms with Gasteiger partial charge in [-0.3, -0.25) is 23.7 Å². The molecule has 5 atom stereocenters. The number of carbonyl (C=O) groups is 4. The molecule has 1 saturated heterocycles. The summed E-state index contributed by atoms with van der Waals surface area (Å²) in [6, 6.07) is 4.17. The maximum absolute atomic E-state index is 14.8. The molecule has 3 aliphatic carbocycles. The van der Waals surface area contributed by atoms with Gasteiger partial charge in [0.1, 0.15) is 39.9 Å². The number of ether oxygens (including phenoxy) is 2. The monoisotopic (exact) mass is 905 g/mol. The van der Waals surface area contributed by atoms with E-state index < -0.39 is 73.8 Å². The van der Waals surface area contributed by atoms with Crippen LogP contribution in [0.3, 0.4) is 0 Å². The predicted molar refractivity (Wildman–Crippen MR) is 241 cm³/mol. The van der Waals surface area contributed by atoms with Crippen molar-refractivity contribution in [3.8, 4) is 16.6 Å². The lowest BCUT2D eigenvalue weighted by Crippen LogP contribution is -2.58. The molecule has 0 radical (unpaired) electrons. The second-order valence-corrected chi connectivity index (χ2v) is 22.9. The van der Waals surface area contributed by atoms with Crippen LogP contribution in [0.15, 0.2) is 35.7 Å². The first kappa shape index (κ1) is 45.1. The van der Waals surface area contributed by atoms with Crippen molar-refractivity contribution in [1.29, 1.82) is 0 Å². The summed E-state index contributed by atoms with van der Waals surface area (Å²) in [5, 5.41) is 8.80. The number of para-hydroxylation sites is 1. The van der Waals surface area contributed by atoms with Crippen molar-refractivity contribution < 1.29 is 37.1 Å². The summed E-state index contributed by atoms with van der Waals surface area (Å²) in [6.07, 6.45) is 12.7. The summed E-state index contributed by atoms with van der Waals surface area (Å²) < 4.78 is 42.2. The van der Waals surface area contributed by atoms with Gasteiger partial charge in [0.25, 0.3) is 11.9 Å². The fourth-order valence-corrected chi connectivity index (χ4v) is 11.6. The number of sulfonamides is 1. The maximum atomic E-state index is 14.8. The van der Waals surface area contributed by atoms with E-state index >= 15 is 0 Å². The Bertz CT molecular complexity index is 2370. The Hall–Kier alpha value is -4.51. The highest BCUT2D eigenvalue weighted by Gasteiger charge is 2.63. The van der Waals surface area contributed by atoms with E-state index in [1.807, 2.05) is 48.8 Å². The number of rotatable bonds is 9. The van der Waals surface area contributed by atoms with Crippen molar-refractivity contribution in [1.82, 2.24) is 34.8 Å². The minimum Gasteiger partial charge on any atom is -0.459 e. The van der Waals surface area contributed by atoms with Crippen LogP contribution in [-0.4, -0.2) is 92.3 Å². The Labute approximate surface area is 374 Å². The van der Waals surface area contributed by atoms with Gasteiger partial charge in [-0.05, 0) is 105 Å². The van der Waals surface area contributed by atoms with Crippen molar-refractivity contribution in [2.45, 2.75) is 177 Å². The molecular formula is C46H63N7O8S2. The summed E-state index contributed by atoms with van der Waals surface area (Å²) in [6.45, 7) is 10.9. The van der Waals surface area contributed by atoms with E-state index in [1.54, 1.807) is 39.0 Å². The molecule has 2 aliphatic heterocycles. The van der Waals surface area contributed by atoms with Gasteiger partial charge in [0.15, 0.2) is 0 Å². The third-order valence-corrected chi connectivity index (χ3v) is 16.5. The predicted octanol–water partition coefficient (Wildman–Crippen LogP) is 7.42. The van der Waals surface area contributed by atoms with Crippen LogP contribution in [0.5, 0.6) is 6.01 Å². The number of hydrogen-bond donors (Lipinski definition) is 3. The minimum absolute atomic E-state index is 0.00985. The molecule has 8 rings (SSSR count). The number of alkyl carbamates (subject to hydrolysis) is 1. The standard InChI is InChI=1S/C46H63N7O8S2/c1-28(2)53-35-21-15-19-32(39-47-34(27-62-39)29-16-11-10-12-17-29)37(35)49-42(53)60-31-24-36-38(54)50-46(41(56)51-63(58,59)45(6)22-23-45)25-30(46)18-13-8-7-9-14-20-33(40(55)52(36)26-31)48-43(57)61-44(3,4)5/h13,15,18-19,21,27-31,33,36H,7-12,14,16-17,20,22-26H2,1-6H3,(H,48,57)(H,50,54)(H,51,56). The topological polar surface area (TPSA) is 191 Å². The molecule has 4 fully saturated rings. The second-order valence-electron chi connectivity index (χ2n) is 19.8. The number of thiazole rings is 1. The molecular weight excluding hydrogens is 843 g/mol. The zero-order valence-corrected chi connectivity index (χ0v) is 39.0. The highest BCUT2D eigenvalue weighted by atomic mass is 32.2. The molecule has 2 aromatic heterocycles. The number of nitrogens with zero attached hydrogens (tertiary/aromatic N) is 4. The van der Waals surface area contributed by atoms with Crippen LogP contribution in [0.25, 0.3) is 21.6 Å². The number of allylic oxidation sites excluding steroid dienone is 1. The smallest absolute Gasteiger partial charge is 0.408 e. The molecule has 3 N–H and O–H groups in total. The van der Waals surface area contributed by atoms with E-state index in [4.69, 9.17) is 19.4 Å². The van der Waals surface area contributed by atoms with Gasteiger partial charge in [-0.1, -0.05) is 50.3 Å². The summed E-state index contributed by atoms with van der Waals surface area (Å²) in [7, 11) is -4.00. The van der Waals surface area contributed by atoms with Crippen molar-refractivity contribution in [3.05, 3.63) is 41.4 Å². The summed E-state index contributed by atoms with van der Waals surface area (Å²) in [5.74, 6) is -1.85. The first-order valence-corrected chi connectivity index (χ1v) is 25.2. The lowest BCUT2D eigenvalue weighted by atomic mass is 9.87. The summed E-state index contributed by atoms with van der Waals surface area (Å²) in [5.41, 5.74) is 1.31. The van der Waals surface area contributed by atoms with Crippen molar-refractivity contribution in [2.24, 2.45) is 5.92 Å². The Kier molecular flexibility index (Phi) is 12.5. The third-order valence-electron chi connectivity index (χ3n) is 13.4. The first-order chi connectivity index (χ1) is 29.9. The Balaban J connectivity index is 1.11. The van der Waals surface area contributed by atoms with E-state index in [1.165, 1.54) is 24.2 Å². The number of amides is 4. The molecule has 3 saturated carbocycles. The van der Waals surface area contributed by atoms with Crippen molar-refractivity contribution >= 4 is 56.2 Å². The maximum Gasteiger partial charge on any atom is 0.408 e. The van der Waals surface area contributed by atoms with Gasteiger partial charge in [0.05, 0.1) is 22.5 Å². The molecule has 4 amide bonds. The number of benzene rings is 1. The number of hydrogen-bond acceptors (Lipinski definition) is 11. The molecule has 342 valence electrons. The normalized spacial score (nSPS) is 26.9. The molecule has 0 spiro atoms. The van der Waals surface area contributed by atoms with Gasteiger partial charge in [0.2, 0.25) is 21.8 Å². The molecule has 3 aromatic rings. The van der Waals surface area contributed by atoms with Crippen LogP contribution in [-0.2, 0) is 29.1 Å². The Morgan fingerprint density at radius 2 is 1.75 bits per heavy atom. The zero-order chi connectivity index (χ0) is 44.9. The second kappa shape index (κ2) is 17.5. The van der Waals surface area contributed by atoms with Crippen LogP contribution < -0.4 is 20.1 Å². The number of carbonyl (C=O) groups excluding carboxylic acids is 4. The SMILES string of the molecule is CC(C)n1c(OC2CC3C(=O)NC4(C(=O)NS(=O)(=O)C5(C)CC5)CC4C=CCCCCCC(NC(=O)OC(C)(C)C)C(=O)N3C2)nc2c(-c3nc(C4CCCCC4)cs3)cccc21. The van der Waals surface area contributed by atoms with Crippen LogP contribution in [0.1, 0.15) is 149 Å². The molecule has 15 nitrogen and oxygen atoms in total. The highest BCUT2D eigenvalue weighted by molar-refractivity contribution is 7.91.